The number of hydrogen-bond donors (Lipinski definition) is 2. The molecule has 1 saturated heterocycles. The van der Waals surface area contributed by atoms with Crippen LogP contribution in [0.5, 0.6) is 11.6 Å². The van der Waals surface area contributed by atoms with Gasteiger partial charge < -0.3 is 20.7 Å². The maximum absolute atomic E-state index is 12.3. The summed E-state index contributed by atoms with van der Waals surface area (Å²) in [5.41, 5.74) is 6.93. The van der Waals surface area contributed by atoms with Crippen LogP contribution in [0.15, 0.2) is 66.7 Å². The Labute approximate surface area is 180 Å². The van der Waals surface area contributed by atoms with Crippen molar-refractivity contribution in [3.8, 4) is 11.6 Å². The van der Waals surface area contributed by atoms with Gasteiger partial charge in [0.1, 0.15) is 17.1 Å². The van der Waals surface area contributed by atoms with E-state index in [1.54, 1.807) is 48.5 Å². The molecule has 2 amide bonds. The molecule has 1 atom stereocenters. The predicted molar refractivity (Wildman–Crippen MR) is 120 cm³/mol. The Morgan fingerprint density at radius 2 is 1.81 bits per heavy atom. The topological polar surface area (TPSA) is 97.5 Å². The van der Waals surface area contributed by atoms with Gasteiger partial charge in [-0.2, -0.15) is 4.98 Å². The minimum absolute atomic E-state index is 0.172. The van der Waals surface area contributed by atoms with Crippen LogP contribution in [0.3, 0.4) is 0 Å². The van der Waals surface area contributed by atoms with Gasteiger partial charge in [0.2, 0.25) is 5.88 Å². The van der Waals surface area contributed by atoms with E-state index in [2.05, 4.69) is 22.1 Å². The minimum atomic E-state index is -0.601. The number of nitrogens with two attached hydrogens (primary N) is 1. The molecule has 7 heteroatoms. The number of rotatable bonds is 6. The van der Waals surface area contributed by atoms with Crippen LogP contribution in [-0.2, 0) is 0 Å². The van der Waals surface area contributed by atoms with Gasteiger partial charge >= 0.3 is 0 Å². The Morgan fingerprint density at radius 3 is 2.45 bits per heavy atom. The first-order valence-corrected chi connectivity index (χ1v) is 10.2. The van der Waals surface area contributed by atoms with E-state index in [4.69, 9.17) is 10.5 Å². The summed E-state index contributed by atoms with van der Waals surface area (Å²) in [6.07, 6.45) is 1.10. The summed E-state index contributed by atoms with van der Waals surface area (Å²) in [6, 6.07) is 19.3. The molecule has 0 bridgehead atoms. The van der Waals surface area contributed by atoms with Crippen molar-refractivity contribution in [2.24, 2.45) is 11.7 Å². The molecule has 0 radical (unpaired) electrons. The summed E-state index contributed by atoms with van der Waals surface area (Å²) >= 11 is 0. The number of amides is 2. The zero-order chi connectivity index (χ0) is 21.8. The van der Waals surface area contributed by atoms with Gasteiger partial charge in [-0.05, 0) is 60.9 Å². The summed E-state index contributed by atoms with van der Waals surface area (Å²) < 4.78 is 5.89. The van der Waals surface area contributed by atoms with Crippen molar-refractivity contribution in [2.75, 3.05) is 23.3 Å². The Balaban J connectivity index is 1.50. The van der Waals surface area contributed by atoms with Gasteiger partial charge in [-0.3, -0.25) is 9.59 Å². The molecule has 7 nitrogen and oxygen atoms in total. The van der Waals surface area contributed by atoms with Crippen LogP contribution < -0.4 is 20.7 Å². The highest BCUT2D eigenvalue weighted by atomic mass is 16.5. The number of carbonyl (C=O) groups excluding carboxylic acids is 2. The van der Waals surface area contributed by atoms with Gasteiger partial charge in [0, 0.05) is 24.3 Å². The van der Waals surface area contributed by atoms with Crippen LogP contribution in [0, 0.1) is 5.92 Å². The van der Waals surface area contributed by atoms with Crippen molar-refractivity contribution < 1.29 is 14.3 Å². The van der Waals surface area contributed by atoms with Crippen LogP contribution >= 0.6 is 0 Å². The number of aromatic nitrogens is 1. The van der Waals surface area contributed by atoms with E-state index < -0.39 is 5.91 Å². The summed E-state index contributed by atoms with van der Waals surface area (Å²) in [4.78, 5) is 30.9. The first-order chi connectivity index (χ1) is 15.0. The van der Waals surface area contributed by atoms with E-state index in [1.165, 1.54) is 0 Å². The molecule has 2 aromatic carbocycles. The monoisotopic (exact) mass is 416 g/mol. The summed E-state index contributed by atoms with van der Waals surface area (Å²) in [5.74, 6) is 1.22. The molecule has 0 saturated carbocycles. The summed E-state index contributed by atoms with van der Waals surface area (Å²) in [5, 5.41) is 2.84. The maximum atomic E-state index is 12.3. The average molecular weight is 416 g/mol. The van der Waals surface area contributed by atoms with E-state index in [0.29, 0.717) is 22.9 Å². The SMILES string of the molecule is C[C@H]1CCN(c2ccc(C(N)=O)c(Oc3ccc(NC(=O)c4ccccc4)cc3)n2)C1. The molecular formula is C24H24N4O3. The van der Waals surface area contributed by atoms with Gasteiger partial charge in [-0.15, -0.1) is 0 Å². The number of hydrogen-bond acceptors (Lipinski definition) is 5. The van der Waals surface area contributed by atoms with Gasteiger partial charge in [-0.25, -0.2) is 0 Å². The first kappa shape index (κ1) is 20.4. The van der Waals surface area contributed by atoms with Gasteiger partial charge in [0.15, 0.2) is 0 Å². The molecule has 31 heavy (non-hydrogen) atoms. The molecule has 1 aliphatic heterocycles. The number of ether oxygens (including phenoxy) is 1. The highest BCUT2D eigenvalue weighted by Crippen LogP contribution is 2.29. The van der Waals surface area contributed by atoms with E-state index >= 15 is 0 Å². The lowest BCUT2D eigenvalue weighted by Gasteiger charge is -2.18. The van der Waals surface area contributed by atoms with Crippen molar-refractivity contribution in [1.82, 2.24) is 4.98 Å². The Bertz CT molecular complexity index is 1080. The zero-order valence-corrected chi connectivity index (χ0v) is 17.2. The van der Waals surface area contributed by atoms with E-state index in [1.807, 2.05) is 18.2 Å². The second-order valence-corrected chi connectivity index (χ2v) is 7.67. The fourth-order valence-electron chi connectivity index (χ4n) is 3.53. The predicted octanol–water partition coefficient (Wildman–Crippen LogP) is 4.07. The van der Waals surface area contributed by atoms with Crippen molar-refractivity contribution in [1.29, 1.82) is 0 Å². The number of benzene rings is 2. The Morgan fingerprint density at radius 1 is 1.06 bits per heavy atom. The van der Waals surface area contributed by atoms with Crippen molar-refractivity contribution in [3.05, 3.63) is 77.9 Å². The van der Waals surface area contributed by atoms with Crippen molar-refractivity contribution >= 4 is 23.3 Å². The molecule has 2 heterocycles. The minimum Gasteiger partial charge on any atom is -0.438 e. The van der Waals surface area contributed by atoms with E-state index in [9.17, 15) is 9.59 Å². The molecule has 1 aromatic heterocycles. The lowest BCUT2D eigenvalue weighted by molar-refractivity contribution is 0.0995. The maximum Gasteiger partial charge on any atom is 0.255 e. The van der Waals surface area contributed by atoms with Crippen LogP contribution in [0.4, 0.5) is 11.5 Å². The molecule has 4 rings (SSSR count). The molecule has 1 aliphatic rings. The van der Waals surface area contributed by atoms with Crippen LogP contribution in [0.1, 0.15) is 34.1 Å². The zero-order valence-electron chi connectivity index (χ0n) is 17.2. The second-order valence-electron chi connectivity index (χ2n) is 7.67. The molecule has 3 N–H and O–H groups in total. The summed E-state index contributed by atoms with van der Waals surface area (Å²) in [6.45, 7) is 4.03. The number of primary amides is 1. The fraction of sp³-hybridized carbons (Fsp3) is 0.208. The quantitative estimate of drug-likeness (QED) is 0.631. The number of carbonyl (C=O) groups is 2. The van der Waals surface area contributed by atoms with Crippen molar-refractivity contribution in [2.45, 2.75) is 13.3 Å². The number of pyridine rings is 1. The third-order valence-electron chi connectivity index (χ3n) is 5.22. The molecule has 158 valence electrons. The van der Waals surface area contributed by atoms with Gasteiger partial charge in [0.05, 0.1) is 0 Å². The van der Waals surface area contributed by atoms with Gasteiger partial charge in [0.25, 0.3) is 11.8 Å². The van der Waals surface area contributed by atoms with Gasteiger partial charge in [-0.1, -0.05) is 25.1 Å². The molecule has 1 fully saturated rings. The largest absolute Gasteiger partial charge is 0.438 e. The average Bonchev–Trinajstić information content (AvgIpc) is 3.22. The van der Waals surface area contributed by atoms with Crippen molar-refractivity contribution in [3.63, 3.8) is 0 Å². The highest BCUT2D eigenvalue weighted by molar-refractivity contribution is 6.04. The molecule has 0 spiro atoms. The van der Waals surface area contributed by atoms with Crippen LogP contribution in [-0.4, -0.2) is 29.9 Å². The summed E-state index contributed by atoms with van der Waals surface area (Å²) in [7, 11) is 0. The Hall–Kier alpha value is -3.87. The molecule has 0 aliphatic carbocycles. The van der Waals surface area contributed by atoms with E-state index in [0.717, 1.165) is 25.3 Å². The smallest absolute Gasteiger partial charge is 0.255 e. The lowest BCUT2D eigenvalue weighted by atomic mass is 10.2. The highest BCUT2D eigenvalue weighted by Gasteiger charge is 2.22. The standard InChI is InChI=1S/C24H24N4O3/c1-16-13-14-28(15-16)21-12-11-20(22(25)29)24(27-21)31-19-9-7-18(8-10-19)26-23(30)17-5-3-2-4-6-17/h2-12,16H,13-15H2,1H3,(H2,25,29)(H,26,30)/t16-/m0/s1. The molecule has 3 aromatic rings. The number of nitrogens with zero attached hydrogens (tertiary/aromatic N) is 2. The Kier molecular flexibility index (Phi) is 5.84. The third-order valence-corrected chi connectivity index (χ3v) is 5.22. The van der Waals surface area contributed by atoms with Crippen LogP contribution in [0.2, 0.25) is 0 Å². The molecular weight excluding hydrogens is 392 g/mol. The normalized spacial score (nSPS) is 15.5. The first-order valence-electron chi connectivity index (χ1n) is 10.2. The number of anilines is 2. The van der Waals surface area contributed by atoms with Crippen LogP contribution in [0.25, 0.3) is 0 Å². The lowest BCUT2D eigenvalue weighted by Crippen LogP contribution is -2.21. The second kappa shape index (κ2) is 8.87. The van der Waals surface area contributed by atoms with E-state index in [-0.39, 0.29) is 17.4 Å². The number of nitrogens with one attached hydrogen (secondary N) is 1. The molecule has 0 unspecified atom stereocenters. The third kappa shape index (κ3) is 4.83. The fourth-order valence-corrected chi connectivity index (χ4v) is 3.53.